The van der Waals surface area contributed by atoms with E-state index in [0.29, 0.717) is 0 Å². The Morgan fingerprint density at radius 2 is 1.17 bits per heavy atom. The Morgan fingerprint density at radius 3 is 1.17 bits per heavy atom. The van der Waals surface area contributed by atoms with Gasteiger partial charge in [-0.05, 0) is 0 Å². The maximum Gasteiger partial charge on any atom is 9.00 e. The van der Waals surface area contributed by atoms with E-state index in [9.17, 15) is 0 Å². The summed E-state index contributed by atoms with van der Waals surface area (Å²) in [5.41, 5.74) is 0. The first-order valence-corrected chi connectivity index (χ1v) is 2.10. The van der Waals surface area contributed by atoms with Crippen LogP contribution in [0.1, 0.15) is 0 Å². The van der Waals surface area contributed by atoms with Gasteiger partial charge in [-0.2, -0.15) is 8.42 Å². The molecular weight excluding hydrogens is 119 g/mol. The fraction of sp³-hybridized carbons (Fsp3) is 0. The quantitative estimate of drug-likeness (QED) is 0.317. The van der Waals surface area contributed by atoms with Crippen molar-refractivity contribution in [2.24, 2.45) is 0 Å². The van der Waals surface area contributed by atoms with Gasteiger partial charge in [0.25, 0.3) is 0 Å². The Kier molecular flexibility index (Phi) is 4.91. The molecule has 24 valence electrons. The summed E-state index contributed by atoms with van der Waals surface area (Å²) in [5, 5.41) is 0. The van der Waals surface area contributed by atoms with Crippen LogP contribution in [0.3, 0.4) is 0 Å². The molecule has 4 nitrogen and oxygen atoms in total. The minimum absolute atomic E-state index is 0. The van der Waals surface area contributed by atoms with Gasteiger partial charge in [0.15, 0.2) is 0 Å². The normalized spacial score (nSPS) is 9.67. The molecule has 0 spiro atoms. The summed E-state index contributed by atoms with van der Waals surface area (Å²) < 4.78 is 31.6. The maximum absolute atomic E-state index is 8.74. The van der Waals surface area contributed by atoms with Crippen LogP contribution in [0, 0.1) is 0 Å². The van der Waals surface area contributed by atoms with E-state index in [4.69, 9.17) is 17.5 Å². The van der Waals surface area contributed by atoms with Gasteiger partial charge in [-0.3, -0.25) is 9.11 Å². The summed E-state index contributed by atoms with van der Waals surface area (Å²) in [4.78, 5) is 0. The summed E-state index contributed by atoms with van der Waals surface area (Å²) in [5.74, 6) is 0. The molecule has 0 aliphatic rings. The Hall–Kier alpha value is 0.870. The van der Waals surface area contributed by atoms with Crippen molar-refractivity contribution in [2.75, 3.05) is 0 Å². The summed E-state index contributed by atoms with van der Waals surface area (Å²) in [6, 6.07) is 0. The topological polar surface area (TPSA) is 74.6 Å². The number of hydrogen-bond acceptors (Lipinski definition) is 2. The predicted octanol–water partition coefficient (Wildman–Crippen LogP) is -1.03. The first-order valence-electron chi connectivity index (χ1n) is 0.698. The van der Waals surface area contributed by atoms with Crippen molar-refractivity contribution in [3.05, 3.63) is 0 Å². The molecule has 0 rings (SSSR count). The molecule has 0 fully saturated rings. The van der Waals surface area contributed by atoms with Crippen LogP contribution in [0.15, 0.2) is 0 Å². The van der Waals surface area contributed by atoms with Crippen LogP contribution in [-0.4, -0.2) is 47.1 Å². The molecule has 0 aromatic heterocycles. The Labute approximate surface area is 57.4 Å². The second-order valence-electron chi connectivity index (χ2n) is 0.448. The Balaban J connectivity index is 0. The molecule has 6 heteroatoms. The van der Waals surface area contributed by atoms with Gasteiger partial charge in [0.05, 0.1) is 0 Å². The van der Waals surface area contributed by atoms with E-state index in [1.54, 1.807) is 0 Å². The standard InChI is InChI=1S/Na.H2O4S/c;1-5(2,3)4/h;(H2,1,2,3,4)/q+9;. The fourth-order valence-electron chi connectivity index (χ4n) is 0. The van der Waals surface area contributed by atoms with Crippen LogP contribution in [0.25, 0.3) is 0 Å². The summed E-state index contributed by atoms with van der Waals surface area (Å²) in [6.07, 6.45) is 0. The molecular formula is H2NaO4S+9. The third-order valence-electron chi connectivity index (χ3n) is 0. The van der Waals surface area contributed by atoms with E-state index in [0.717, 1.165) is 0 Å². The van der Waals surface area contributed by atoms with Crippen molar-refractivity contribution in [1.29, 1.82) is 0 Å². The number of rotatable bonds is 0. The van der Waals surface area contributed by atoms with Gasteiger partial charge in [-0.25, -0.2) is 0 Å². The van der Waals surface area contributed by atoms with Gasteiger partial charge >= 0.3 is 40.0 Å². The molecule has 0 aromatic carbocycles. The average Bonchev–Trinajstić information content (AvgIpc) is 0.722. The van der Waals surface area contributed by atoms with Gasteiger partial charge in [-0.15, -0.1) is 0 Å². The third kappa shape index (κ3) is 96.4. The maximum atomic E-state index is 8.74. The van der Waals surface area contributed by atoms with E-state index < -0.39 is 10.4 Å². The van der Waals surface area contributed by atoms with Gasteiger partial charge < -0.3 is 0 Å². The van der Waals surface area contributed by atoms with Crippen LogP contribution < -0.4 is 0 Å². The minimum Gasteiger partial charge on any atom is -0.264 e. The molecule has 0 unspecified atom stereocenters. The average molecular weight is 121 g/mol. The molecule has 0 saturated carbocycles. The van der Waals surface area contributed by atoms with Crippen molar-refractivity contribution in [3.63, 3.8) is 0 Å². The summed E-state index contributed by atoms with van der Waals surface area (Å²) in [7, 11) is -4.67. The molecule has 0 bridgehead atoms. The largest absolute Gasteiger partial charge is 9.00 e. The summed E-state index contributed by atoms with van der Waals surface area (Å²) in [6.45, 7) is 0. The second kappa shape index (κ2) is 2.95. The van der Waals surface area contributed by atoms with Crippen molar-refractivity contribution < 1.29 is 17.5 Å². The SMILES string of the molecule is O=S(=O)(O)O.[Na+9]. The van der Waals surface area contributed by atoms with Crippen LogP contribution in [-0.2, 0) is 10.4 Å². The van der Waals surface area contributed by atoms with Gasteiger partial charge in [0.2, 0.25) is 0 Å². The van der Waals surface area contributed by atoms with E-state index in [1.165, 1.54) is 0 Å². The van der Waals surface area contributed by atoms with E-state index in [2.05, 4.69) is 0 Å². The number of hydrogen-bond donors (Lipinski definition) is 2. The third-order valence-corrected chi connectivity index (χ3v) is 0. The first kappa shape index (κ1) is 9.98. The van der Waals surface area contributed by atoms with E-state index in [1.807, 2.05) is 0 Å². The minimum atomic E-state index is -4.67. The predicted molar refractivity (Wildman–Crippen MR) is 19.9 cm³/mol. The van der Waals surface area contributed by atoms with E-state index in [-0.39, 0.29) is 29.6 Å². The Morgan fingerprint density at radius 1 is 1.17 bits per heavy atom. The van der Waals surface area contributed by atoms with Crippen molar-refractivity contribution in [1.82, 2.24) is 0 Å². The zero-order chi connectivity index (χ0) is 4.50. The van der Waals surface area contributed by atoms with Crippen molar-refractivity contribution in [2.45, 2.75) is 0 Å². The van der Waals surface area contributed by atoms with Crippen LogP contribution in [0.2, 0.25) is 0 Å². The van der Waals surface area contributed by atoms with Gasteiger partial charge in [0, 0.05) is 0 Å². The molecule has 0 heterocycles. The smallest absolute Gasteiger partial charge is 0.264 e. The van der Waals surface area contributed by atoms with Crippen LogP contribution >= 0.6 is 0 Å². The summed E-state index contributed by atoms with van der Waals surface area (Å²) >= 11 is 0. The molecule has 0 aromatic rings. The van der Waals surface area contributed by atoms with Crippen molar-refractivity contribution in [3.8, 4) is 0 Å². The van der Waals surface area contributed by atoms with Crippen LogP contribution in [0.4, 0.5) is 0 Å². The molecule has 0 amide bonds. The second-order valence-corrected chi connectivity index (χ2v) is 1.34. The molecule has 2 N–H and O–H groups in total. The monoisotopic (exact) mass is 121 g/mol. The van der Waals surface area contributed by atoms with E-state index >= 15 is 0 Å². The molecule has 6 heavy (non-hydrogen) atoms. The molecule has 0 aliphatic carbocycles. The van der Waals surface area contributed by atoms with Crippen molar-refractivity contribution >= 4 is 40.0 Å². The molecule has 16 radical (unpaired) electrons. The Bertz CT molecular complexity index is 90.7. The molecule has 0 aliphatic heterocycles. The van der Waals surface area contributed by atoms with Gasteiger partial charge in [-0.1, -0.05) is 0 Å². The molecule has 0 atom stereocenters. The zero-order valence-electron chi connectivity index (χ0n) is 3.12. The first-order chi connectivity index (χ1) is 2.00. The fourth-order valence-corrected chi connectivity index (χ4v) is 0. The zero-order valence-corrected chi connectivity index (χ0v) is 5.94. The molecule has 0 saturated heterocycles. The van der Waals surface area contributed by atoms with Gasteiger partial charge in [0.1, 0.15) is 0 Å². The van der Waals surface area contributed by atoms with Crippen LogP contribution in [0.5, 0.6) is 0 Å².